The fraction of sp³-hybridized carbons (Fsp3) is 0.333. The van der Waals surface area contributed by atoms with Crippen molar-refractivity contribution in [2.24, 2.45) is 0 Å². The minimum atomic E-state index is 1.06. The summed E-state index contributed by atoms with van der Waals surface area (Å²) in [6.07, 6.45) is 3.81. The maximum atomic E-state index is 3.45. The molecule has 0 aliphatic carbocycles. The number of anilines is 1. The van der Waals surface area contributed by atoms with Crippen molar-refractivity contribution in [1.82, 2.24) is 0 Å². The van der Waals surface area contributed by atoms with Crippen LogP contribution in [0.5, 0.6) is 0 Å². The van der Waals surface area contributed by atoms with E-state index in [0.29, 0.717) is 0 Å². The average molecular weight is 212 g/mol. The first-order chi connectivity index (χ1) is 7.90. The smallest absolute Gasteiger partial charge is 0.0346 e. The topological polar surface area (TPSA) is 12.0 Å². The molecule has 0 atom stereocenters. The van der Waals surface area contributed by atoms with E-state index in [1.165, 1.54) is 35.7 Å². The highest BCUT2D eigenvalue weighted by Crippen LogP contribution is 2.18. The largest absolute Gasteiger partial charge is 0.385 e. The standard InChI is InChI=1S/C15H18N/c1-2-3-6-11-16-15-10-9-13-7-4-5-8-14(13)12-15/h4-5,7,9-10,12,16H,2-3,6,11H2,1H3. The van der Waals surface area contributed by atoms with E-state index >= 15 is 0 Å². The molecule has 16 heavy (non-hydrogen) atoms. The SMILES string of the molecule is CCCCCNc1ccc2ccc[c]c2c1. The Morgan fingerprint density at radius 1 is 1.19 bits per heavy atom. The monoisotopic (exact) mass is 212 g/mol. The van der Waals surface area contributed by atoms with Gasteiger partial charge in [-0.05, 0) is 35.4 Å². The second-order valence-corrected chi connectivity index (χ2v) is 4.11. The van der Waals surface area contributed by atoms with E-state index in [9.17, 15) is 0 Å². The summed E-state index contributed by atoms with van der Waals surface area (Å²) in [4.78, 5) is 0. The Labute approximate surface area is 97.5 Å². The molecule has 0 heterocycles. The molecule has 0 aromatic heterocycles. The van der Waals surface area contributed by atoms with Gasteiger partial charge in [-0.3, -0.25) is 0 Å². The molecule has 0 saturated carbocycles. The number of nitrogens with one attached hydrogen (secondary N) is 1. The van der Waals surface area contributed by atoms with E-state index < -0.39 is 0 Å². The first-order valence-corrected chi connectivity index (χ1v) is 6.04. The van der Waals surface area contributed by atoms with E-state index in [1.54, 1.807) is 0 Å². The van der Waals surface area contributed by atoms with Crippen molar-refractivity contribution in [2.75, 3.05) is 11.9 Å². The highest BCUT2D eigenvalue weighted by Gasteiger charge is 1.95. The fourth-order valence-electron chi connectivity index (χ4n) is 1.83. The molecule has 0 amide bonds. The van der Waals surface area contributed by atoms with Crippen LogP contribution in [0.2, 0.25) is 0 Å². The maximum absolute atomic E-state index is 3.45. The third kappa shape index (κ3) is 2.75. The molecule has 0 unspecified atom stereocenters. The molecular formula is C15H18N. The normalized spacial score (nSPS) is 10.6. The molecule has 0 spiro atoms. The Morgan fingerprint density at radius 2 is 2.12 bits per heavy atom. The van der Waals surface area contributed by atoms with Gasteiger partial charge in [-0.1, -0.05) is 44.0 Å². The van der Waals surface area contributed by atoms with Crippen molar-refractivity contribution in [3.05, 3.63) is 42.5 Å². The van der Waals surface area contributed by atoms with Crippen LogP contribution in [0.4, 0.5) is 5.69 Å². The van der Waals surface area contributed by atoms with Gasteiger partial charge in [0.1, 0.15) is 0 Å². The van der Waals surface area contributed by atoms with E-state index in [0.717, 1.165) is 6.54 Å². The summed E-state index contributed by atoms with van der Waals surface area (Å²) in [5.41, 5.74) is 1.20. The quantitative estimate of drug-likeness (QED) is 0.731. The summed E-state index contributed by atoms with van der Waals surface area (Å²) in [6.45, 7) is 3.29. The molecule has 0 saturated heterocycles. The summed E-state index contributed by atoms with van der Waals surface area (Å²) >= 11 is 0. The van der Waals surface area contributed by atoms with Gasteiger partial charge in [0.15, 0.2) is 0 Å². The lowest BCUT2D eigenvalue weighted by molar-refractivity contribution is 0.744. The Hall–Kier alpha value is -1.50. The lowest BCUT2D eigenvalue weighted by Crippen LogP contribution is -2.00. The minimum absolute atomic E-state index is 1.06. The number of hydrogen-bond acceptors (Lipinski definition) is 1. The second-order valence-electron chi connectivity index (χ2n) is 4.11. The first-order valence-electron chi connectivity index (χ1n) is 6.04. The fourth-order valence-corrected chi connectivity index (χ4v) is 1.83. The molecule has 83 valence electrons. The first kappa shape index (κ1) is 11.0. The van der Waals surface area contributed by atoms with Gasteiger partial charge < -0.3 is 5.32 Å². The van der Waals surface area contributed by atoms with Crippen molar-refractivity contribution < 1.29 is 0 Å². The molecule has 0 aliphatic heterocycles. The summed E-state index contributed by atoms with van der Waals surface area (Å²) in [6, 6.07) is 15.8. The zero-order valence-electron chi connectivity index (χ0n) is 9.79. The molecule has 2 aromatic carbocycles. The Bertz CT molecular complexity index is 448. The van der Waals surface area contributed by atoms with Crippen molar-refractivity contribution in [3.63, 3.8) is 0 Å². The van der Waals surface area contributed by atoms with E-state index in [2.05, 4.69) is 42.6 Å². The van der Waals surface area contributed by atoms with Crippen molar-refractivity contribution in [2.45, 2.75) is 26.2 Å². The number of unbranched alkanes of at least 4 members (excludes halogenated alkanes) is 2. The molecule has 2 rings (SSSR count). The third-order valence-corrected chi connectivity index (χ3v) is 2.77. The molecule has 2 aromatic rings. The number of fused-ring (bicyclic) bond motifs is 1. The molecule has 1 nitrogen and oxygen atoms in total. The molecule has 1 heteroatoms. The van der Waals surface area contributed by atoms with E-state index in [4.69, 9.17) is 0 Å². The van der Waals surface area contributed by atoms with Gasteiger partial charge in [0.2, 0.25) is 0 Å². The van der Waals surface area contributed by atoms with Gasteiger partial charge in [0.05, 0.1) is 0 Å². The van der Waals surface area contributed by atoms with Crippen LogP contribution in [0.25, 0.3) is 10.8 Å². The van der Waals surface area contributed by atoms with Gasteiger partial charge in [0, 0.05) is 12.2 Å². The Balaban J connectivity index is 2.02. The van der Waals surface area contributed by atoms with Gasteiger partial charge in [-0.2, -0.15) is 0 Å². The zero-order valence-corrected chi connectivity index (χ0v) is 9.79. The minimum Gasteiger partial charge on any atom is -0.385 e. The highest BCUT2D eigenvalue weighted by molar-refractivity contribution is 5.85. The lowest BCUT2D eigenvalue weighted by atomic mass is 10.1. The zero-order chi connectivity index (χ0) is 11.2. The van der Waals surface area contributed by atoms with Crippen LogP contribution in [0.3, 0.4) is 0 Å². The van der Waals surface area contributed by atoms with Gasteiger partial charge >= 0.3 is 0 Å². The molecule has 0 fully saturated rings. The summed E-state index contributed by atoms with van der Waals surface area (Å²) in [5.74, 6) is 0. The number of hydrogen-bond donors (Lipinski definition) is 1. The van der Waals surface area contributed by atoms with Crippen LogP contribution in [0.15, 0.2) is 36.4 Å². The Morgan fingerprint density at radius 3 is 3.00 bits per heavy atom. The van der Waals surface area contributed by atoms with Crippen LogP contribution in [0.1, 0.15) is 26.2 Å². The Kier molecular flexibility index (Phi) is 3.81. The van der Waals surface area contributed by atoms with Crippen LogP contribution < -0.4 is 5.32 Å². The lowest BCUT2D eigenvalue weighted by Gasteiger charge is -2.06. The van der Waals surface area contributed by atoms with Crippen molar-refractivity contribution in [3.8, 4) is 0 Å². The molecule has 1 N–H and O–H groups in total. The summed E-state index contributed by atoms with van der Waals surface area (Å²) in [5, 5.41) is 5.89. The number of benzene rings is 2. The van der Waals surface area contributed by atoms with Gasteiger partial charge in [-0.15, -0.1) is 0 Å². The maximum Gasteiger partial charge on any atom is 0.0346 e. The van der Waals surface area contributed by atoms with E-state index in [-0.39, 0.29) is 0 Å². The molecule has 0 bridgehead atoms. The average Bonchev–Trinajstić information content (AvgIpc) is 2.34. The van der Waals surface area contributed by atoms with Crippen molar-refractivity contribution >= 4 is 16.5 Å². The summed E-state index contributed by atoms with van der Waals surface area (Å²) in [7, 11) is 0. The second kappa shape index (κ2) is 5.55. The third-order valence-electron chi connectivity index (χ3n) is 2.77. The predicted octanol–water partition coefficient (Wildman–Crippen LogP) is 4.24. The molecule has 0 aliphatic rings. The van der Waals surface area contributed by atoms with E-state index in [1.807, 2.05) is 12.1 Å². The predicted molar refractivity (Wildman–Crippen MR) is 70.8 cm³/mol. The number of rotatable bonds is 5. The highest BCUT2D eigenvalue weighted by atomic mass is 14.9. The van der Waals surface area contributed by atoms with Crippen LogP contribution in [-0.4, -0.2) is 6.54 Å². The van der Waals surface area contributed by atoms with Gasteiger partial charge in [0.25, 0.3) is 0 Å². The van der Waals surface area contributed by atoms with Gasteiger partial charge in [-0.25, -0.2) is 0 Å². The molecule has 1 radical (unpaired) electrons. The van der Waals surface area contributed by atoms with Crippen molar-refractivity contribution in [1.29, 1.82) is 0 Å². The molecular weight excluding hydrogens is 194 g/mol. The van der Waals surface area contributed by atoms with Crippen LogP contribution in [-0.2, 0) is 0 Å². The van der Waals surface area contributed by atoms with Crippen LogP contribution in [0, 0.1) is 6.07 Å². The summed E-state index contributed by atoms with van der Waals surface area (Å²) < 4.78 is 0. The van der Waals surface area contributed by atoms with Crippen LogP contribution >= 0.6 is 0 Å².